The molecule has 0 aromatic rings. The van der Waals surface area contributed by atoms with Crippen LogP contribution in [0.15, 0.2) is 0 Å². The van der Waals surface area contributed by atoms with Crippen molar-refractivity contribution in [1.82, 2.24) is 10.2 Å². The van der Waals surface area contributed by atoms with Crippen LogP contribution in [0.4, 0.5) is 0 Å². The average molecular weight is 280 g/mol. The summed E-state index contributed by atoms with van der Waals surface area (Å²) in [4.78, 5) is 26.5. The van der Waals surface area contributed by atoms with E-state index in [0.717, 1.165) is 19.4 Å². The van der Waals surface area contributed by atoms with E-state index >= 15 is 0 Å². The summed E-state index contributed by atoms with van der Waals surface area (Å²) in [6, 6.07) is -0.634. The molecular weight excluding hydrogens is 252 g/mol. The molecule has 4 nitrogen and oxygen atoms in total. The number of hydrogen-bond donors (Lipinski definition) is 1. The summed E-state index contributed by atoms with van der Waals surface area (Å²) in [6.07, 6.45) is 7.79. The molecule has 20 heavy (non-hydrogen) atoms. The molecule has 1 aliphatic carbocycles. The molecule has 1 saturated carbocycles. The van der Waals surface area contributed by atoms with Crippen LogP contribution in [0.1, 0.15) is 65.7 Å². The molecule has 1 heterocycles. The lowest BCUT2D eigenvalue weighted by Crippen LogP contribution is -2.63. The zero-order valence-electron chi connectivity index (χ0n) is 13.1. The normalized spacial score (nSPS) is 30.2. The highest BCUT2D eigenvalue weighted by Gasteiger charge is 2.41. The van der Waals surface area contributed by atoms with Gasteiger partial charge in [0.05, 0.1) is 0 Å². The molecular formula is C16H28N2O2. The zero-order chi connectivity index (χ0) is 14.8. The maximum atomic E-state index is 12.6. The third kappa shape index (κ3) is 3.15. The molecule has 1 aliphatic heterocycles. The Morgan fingerprint density at radius 3 is 2.50 bits per heavy atom. The topological polar surface area (TPSA) is 49.4 Å². The molecule has 2 unspecified atom stereocenters. The van der Waals surface area contributed by atoms with Gasteiger partial charge in [-0.2, -0.15) is 0 Å². The third-order valence-electron chi connectivity index (χ3n) is 4.93. The fourth-order valence-corrected chi connectivity index (χ4v) is 3.56. The first-order valence-corrected chi connectivity index (χ1v) is 8.08. The number of nitrogens with one attached hydrogen (secondary N) is 1. The smallest absolute Gasteiger partial charge is 0.245 e. The first-order chi connectivity index (χ1) is 9.47. The standard InChI is InChI=1S/C16H28N2O2/c1-4-8-13-15(20)18(12(2)14(19)17-13)11-16(3)9-6-5-7-10-16/h12-13H,4-11H2,1-3H3,(H,17,19). The Labute approximate surface area is 122 Å². The second-order valence-electron chi connectivity index (χ2n) is 6.86. The van der Waals surface area contributed by atoms with E-state index in [1.54, 1.807) is 0 Å². The summed E-state index contributed by atoms with van der Waals surface area (Å²) < 4.78 is 0. The molecule has 2 aliphatic rings. The molecule has 0 aromatic carbocycles. The molecule has 1 N–H and O–H groups in total. The Morgan fingerprint density at radius 2 is 1.90 bits per heavy atom. The Hall–Kier alpha value is -1.06. The van der Waals surface area contributed by atoms with Gasteiger partial charge in [0.1, 0.15) is 12.1 Å². The van der Waals surface area contributed by atoms with Gasteiger partial charge in [-0.1, -0.05) is 39.5 Å². The molecule has 0 bridgehead atoms. The molecule has 114 valence electrons. The van der Waals surface area contributed by atoms with E-state index in [2.05, 4.69) is 12.2 Å². The second kappa shape index (κ2) is 6.15. The molecule has 0 spiro atoms. The van der Waals surface area contributed by atoms with Gasteiger partial charge in [0.15, 0.2) is 0 Å². The molecule has 1 saturated heterocycles. The van der Waals surface area contributed by atoms with Crippen LogP contribution in [0.3, 0.4) is 0 Å². The van der Waals surface area contributed by atoms with E-state index in [-0.39, 0.29) is 29.3 Å². The lowest BCUT2D eigenvalue weighted by Gasteiger charge is -2.44. The predicted molar refractivity (Wildman–Crippen MR) is 79.2 cm³/mol. The molecule has 2 amide bonds. The minimum Gasteiger partial charge on any atom is -0.343 e. The quantitative estimate of drug-likeness (QED) is 0.860. The largest absolute Gasteiger partial charge is 0.343 e. The summed E-state index contributed by atoms with van der Waals surface area (Å²) in [7, 11) is 0. The van der Waals surface area contributed by atoms with Crippen LogP contribution in [0.25, 0.3) is 0 Å². The van der Waals surface area contributed by atoms with Gasteiger partial charge >= 0.3 is 0 Å². The van der Waals surface area contributed by atoms with Gasteiger partial charge in [-0.3, -0.25) is 9.59 Å². The third-order valence-corrected chi connectivity index (χ3v) is 4.93. The number of amides is 2. The molecule has 4 heteroatoms. The number of piperazine rings is 1. The van der Waals surface area contributed by atoms with Crippen molar-refractivity contribution in [3.05, 3.63) is 0 Å². The highest BCUT2D eigenvalue weighted by molar-refractivity contribution is 5.96. The van der Waals surface area contributed by atoms with Crippen LogP contribution in [-0.2, 0) is 9.59 Å². The monoisotopic (exact) mass is 280 g/mol. The van der Waals surface area contributed by atoms with Crippen molar-refractivity contribution in [2.45, 2.75) is 77.8 Å². The van der Waals surface area contributed by atoms with E-state index in [0.29, 0.717) is 0 Å². The second-order valence-corrected chi connectivity index (χ2v) is 6.86. The first kappa shape index (κ1) is 15.3. The molecule has 2 rings (SSSR count). The van der Waals surface area contributed by atoms with Gasteiger partial charge in [-0.15, -0.1) is 0 Å². The van der Waals surface area contributed by atoms with Gasteiger partial charge in [0.25, 0.3) is 0 Å². The Bertz CT molecular complexity index is 375. The van der Waals surface area contributed by atoms with Gasteiger partial charge in [-0.25, -0.2) is 0 Å². The highest BCUT2D eigenvalue weighted by atomic mass is 16.2. The number of hydrogen-bond acceptors (Lipinski definition) is 2. The van der Waals surface area contributed by atoms with Crippen molar-refractivity contribution < 1.29 is 9.59 Å². The first-order valence-electron chi connectivity index (χ1n) is 8.08. The molecule has 0 radical (unpaired) electrons. The van der Waals surface area contributed by atoms with Crippen LogP contribution < -0.4 is 5.32 Å². The molecule has 2 fully saturated rings. The molecule has 2 atom stereocenters. The minimum atomic E-state index is -0.325. The summed E-state index contributed by atoms with van der Waals surface area (Å²) in [5.74, 6) is 0.119. The van der Waals surface area contributed by atoms with Crippen molar-refractivity contribution in [3.8, 4) is 0 Å². The van der Waals surface area contributed by atoms with Crippen LogP contribution >= 0.6 is 0 Å². The summed E-state index contributed by atoms with van der Waals surface area (Å²) in [5.41, 5.74) is 0.191. The molecule has 0 aromatic heterocycles. The van der Waals surface area contributed by atoms with Gasteiger partial charge < -0.3 is 10.2 Å². The lowest BCUT2D eigenvalue weighted by molar-refractivity contribution is -0.150. The van der Waals surface area contributed by atoms with Crippen LogP contribution in [0, 0.1) is 5.41 Å². The SMILES string of the molecule is CCCC1NC(=O)C(C)N(CC2(C)CCCCC2)C1=O. The van der Waals surface area contributed by atoms with E-state index in [9.17, 15) is 9.59 Å². The van der Waals surface area contributed by atoms with E-state index in [1.165, 1.54) is 32.1 Å². The van der Waals surface area contributed by atoms with Crippen molar-refractivity contribution in [2.24, 2.45) is 5.41 Å². The highest BCUT2D eigenvalue weighted by Crippen LogP contribution is 2.37. The number of rotatable bonds is 4. The summed E-state index contributed by atoms with van der Waals surface area (Å²) in [6.45, 7) is 6.90. The number of carbonyl (C=O) groups excluding carboxylic acids is 2. The number of nitrogens with zero attached hydrogens (tertiary/aromatic N) is 1. The van der Waals surface area contributed by atoms with Gasteiger partial charge in [0, 0.05) is 6.54 Å². The Balaban J connectivity index is 2.10. The van der Waals surface area contributed by atoms with Crippen molar-refractivity contribution in [2.75, 3.05) is 6.54 Å². The van der Waals surface area contributed by atoms with E-state index in [1.807, 2.05) is 18.7 Å². The minimum absolute atomic E-state index is 0.00228. The van der Waals surface area contributed by atoms with Gasteiger partial charge in [-0.05, 0) is 31.6 Å². The van der Waals surface area contributed by atoms with E-state index < -0.39 is 0 Å². The summed E-state index contributed by atoms with van der Waals surface area (Å²) >= 11 is 0. The maximum absolute atomic E-state index is 12.6. The Kier molecular flexibility index (Phi) is 4.71. The van der Waals surface area contributed by atoms with Crippen LogP contribution in [0.2, 0.25) is 0 Å². The van der Waals surface area contributed by atoms with Crippen molar-refractivity contribution in [1.29, 1.82) is 0 Å². The maximum Gasteiger partial charge on any atom is 0.245 e. The fraction of sp³-hybridized carbons (Fsp3) is 0.875. The summed E-state index contributed by atoms with van der Waals surface area (Å²) in [5, 5.41) is 2.87. The number of carbonyl (C=O) groups is 2. The van der Waals surface area contributed by atoms with E-state index in [4.69, 9.17) is 0 Å². The Morgan fingerprint density at radius 1 is 1.25 bits per heavy atom. The van der Waals surface area contributed by atoms with Crippen molar-refractivity contribution >= 4 is 11.8 Å². The van der Waals surface area contributed by atoms with Crippen LogP contribution in [-0.4, -0.2) is 35.3 Å². The fourth-order valence-electron chi connectivity index (χ4n) is 3.56. The van der Waals surface area contributed by atoms with Crippen molar-refractivity contribution in [3.63, 3.8) is 0 Å². The average Bonchev–Trinajstić information content (AvgIpc) is 2.42. The zero-order valence-corrected chi connectivity index (χ0v) is 13.1. The van der Waals surface area contributed by atoms with Gasteiger partial charge in [0.2, 0.25) is 11.8 Å². The predicted octanol–water partition coefficient (Wildman–Crippen LogP) is 2.47. The van der Waals surface area contributed by atoms with Crippen LogP contribution in [0.5, 0.6) is 0 Å². The lowest BCUT2D eigenvalue weighted by atomic mass is 9.75.